The second-order valence-corrected chi connectivity index (χ2v) is 7.34. The highest BCUT2D eigenvalue weighted by Crippen LogP contribution is 2.21. The molecular weight excluding hydrogens is 335 g/mol. The van der Waals surface area contributed by atoms with E-state index in [4.69, 9.17) is 23.2 Å². The molecule has 0 aliphatic rings. The Kier molecular flexibility index (Phi) is 7.36. The normalized spacial score (nSPS) is 11.2. The molecule has 0 atom stereocenters. The molecule has 1 aromatic rings. The Balaban J connectivity index is 2.53. The molecule has 23 heavy (non-hydrogen) atoms. The summed E-state index contributed by atoms with van der Waals surface area (Å²) in [6.45, 7) is 8.54. The van der Waals surface area contributed by atoms with E-state index in [1.54, 1.807) is 17.0 Å². The van der Waals surface area contributed by atoms with Gasteiger partial charge >= 0.3 is 0 Å². The van der Waals surface area contributed by atoms with Crippen LogP contribution in [0.1, 0.15) is 33.3 Å². The highest BCUT2D eigenvalue weighted by Gasteiger charge is 2.20. The molecule has 0 unspecified atom stereocenters. The van der Waals surface area contributed by atoms with Crippen molar-refractivity contribution in [3.8, 4) is 0 Å². The van der Waals surface area contributed by atoms with Crippen LogP contribution in [0.15, 0.2) is 18.2 Å². The Bertz CT molecular complexity index is 568. The van der Waals surface area contributed by atoms with Gasteiger partial charge in [-0.3, -0.25) is 9.59 Å². The summed E-state index contributed by atoms with van der Waals surface area (Å²) in [5, 5.41) is 4.04. The maximum absolute atomic E-state index is 11.8. The molecule has 1 N–H and O–H groups in total. The summed E-state index contributed by atoms with van der Waals surface area (Å²) in [4.78, 5) is 25.3. The van der Waals surface area contributed by atoms with Crippen molar-refractivity contribution in [1.82, 2.24) is 10.2 Å². The molecule has 0 saturated carbocycles. The smallest absolute Gasteiger partial charge is 0.225 e. The van der Waals surface area contributed by atoms with Gasteiger partial charge in [-0.05, 0) is 24.1 Å². The first-order valence-electron chi connectivity index (χ1n) is 7.59. The Labute approximate surface area is 148 Å². The summed E-state index contributed by atoms with van der Waals surface area (Å²) in [6.07, 6.45) is 0.642. The van der Waals surface area contributed by atoms with Gasteiger partial charge < -0.3 is 10.2 Å². The maximum Gasteiger partial charge on any atom is 0.225 e. The number of halogens is 2. The molecule has 0 radical (unpaired) electrons. The Morgan fingerprint density at radius 1 is 1.17 bits per heavy atom. The summed E-state index contributed by atoms with van der Waals surface area (Å²) >= 11 is 12.0. The highest BCUT2D eigenvalue weighted by molar-refractivity contribution is 6.35. The number of amides is 2. The predicted molar refractivity (Wildman–Crippen MR) is 94.9 cm³/mol. The first-order valence-corrected chi connectivity index (χ1v) is 8.34. The van der Waals surface area contributed by atoms with Crippen LogP contribution in [-0.4, -0.2) is 36.3 Å². The quantitative estimate of drug-likeness (QED) is 0.845. The molecule has 0 heterocycles. The van der Waals surface area contributed by atoms with E-state index in [1.807, 2.05) is 26.8 Å². The molecule has 0 spiro atoms. The molecule has 0 aromatic heterocycles. The number of hydrogen-bond acceptors (Lipinski definition) is 2. The second kappa shape index (κ2) is 8.55. The summed E-state index contributed by atoms with van der Waals surface area (Å²) in [6, 6.07) is 5.34. The molecule has 0 saturated heterocycles. The van der Waals surface area contributed by atoms with Crippen LogP contribution in [0.2, 0.25) is 10.0 Å². The van der Waals surface area contributed by atoms with Crippen LogP contribution in [0.25, 0.3) is 0 Å². The minimum Gasteiger partial charge on any atom is -0.354 e. The molecule has 2 amide bonds. The van der Waals surface area contributed by atoms with Crippen molar-refractivity contribution < 1.29 is 9.59 Å². The van der Waals surface area contributed by atoms with Crippen molar-refractivity contribution in [2.24, 2.45) is 5.41 Å². The third-order valence-electron chi connectivity index (χ3n) is 3.46. The lowest BCUT2D eigenvalue weighted by atomic mass is 9.96. The van der Waals surface area contributed by atoms with E-state index in [-0.39, 0.29) is 11.8 Å². The first-order chi connectivity index (χ1) is 10.6. The molecule has 6 heteroatoms. The van der Waals surface area contributed by atoms with Crippen molar-refractivity contribution >= 4 is 35.0 Å². The zero-order chi connectivity index (χ0) is 17.6. The largest absolute Gasteiger partial charge is 0.354 e. The number of nitrogens with zero attached hydrogens (tertiary/aromatic N) is 1. The van der Waals surface area contributed by atoms with Gasteiger partial charge in [0.1, 0.15) is 0 Å². The van der Waals surface area contributed by atoms with Gasteiger partial charge in [0.2, 0.25) is 11.8 Å². The van der Waals surface area contributed by atoms with Crippen LogP contribution in [0.4, 0.5) is 0 Å². The second-order valence-electron chi connectivity index (χ2n) is 6.50. The van der Waals surface area contributed by atoms with Gasteiger partial charge in [-0.25, -0.2) is 0 Å². The average molecular weight is 359 g/mol. The zero-order valence-electron chi connectivity index (χ0n) is 14.1. The van der Waals surface area contributed by atoms with Gasteiger partial charge in [0.15, 0.2) is 0 Å². The van der Waals surface area contributed by atoms with E-state index in [2.05, 4.69) is 5.32 Å². The maximum atomic E-state index is 11.8. The number of carbonyl (C=O) groups is 2. The number of benzene rings is 1. The van der Waals surface area contributed by atoms with Crippen LogP contribution in [0, 0.1) is 5.41 Å². The number of nitrogens with one attached hydrogen (secondary N) is 1. The molecule has 128 valence electrons. The van der Waals surface area contributed by atoms with Gasteiger partial charge in [0, 0.05) is 42.0 Å². The molecule has 0 fully saturated rings. The van der Waals surface area contributed by atoms with E-state index in [1.165, 1.54) is 6.92 Å². The lowest BCUT2D eigenvalue weighted by Crippen LogP contribution is -2.41. The van der Waals surface area contributed by atoms with Crippen LogP contribution in [0.3, 0.4) is 0 Å². The van der Waals surface area contributed by atoms with E-state index in [0.717, 1.165) is 5.56 Å². The molecule has 1 aromatic carbocycles. The molecule has 4 nitrogen and oxygen atoms in total. The van der Waals surface area contributed by atoms with E-state index >= 15 is 0 Å². The zero-order valence-corrected chi connectivity index (χ0v) is 15.6. The molecule has 0 aliphatic heterocycles. The van der Waals surface area contributed by atoms with E-state index < -0.39 is 5.41 Å². The van der Waals surface area contributed by atoms with Crippen LogP contribution in [0.5, 0.6) is 0 Å². The van der Waals surface area contributed by atoms with Crippen LogP contribution in [-0.2, 0) is 16.0 Å². The fourth-order valence-electron chi connectivity index (χ4n) is 1.98. The van der Waals surface area contributed by atoms with Crippen molar-refractivity contribution in [3.05, 3.63) is 33.8 Å². The molecule has 1 rings (SSSR count). The number of carbonyl (C=O) groups excluding carboxylic acids is 2. The fraction of sp³-hybridized carbons (Fsp3) is 0.529. The minimum atomic E-state index is -0.433. The SMILES string of the molecule is CC(=O)N(CCNC(=O)C(C)(C)C)CCc1ccc(Cl)cc1Cl. The average Bonchev–Trinajstić information content (AvgIpc) is 2.42. The molecule has 0 bridgehead atoms. The van der Waals surface area contributed by atoms with E-state index in [0.29, 0.717) is 36.1 Å². The lowest BCUT2D eigenvalue weighted by Gasteiger charge is -2.23. The van der Waals surface area contributed by atoms with Crippen molar-refractivity contribution in [2.75, 3.05) is 19.6 Å². The van der Waals surface area contributed by atoms with E-state index in [9.17, 15) is 9.59 Å². The Morgan fingerprint density at radius 2 is 1.83 bits per heavy atom. The third-order valence-corrected chi connectivity index (χ3v) is 4.05. The topological polar surface area (TPSA) is 49.4 Å². The Hall–Kier alpha value is -1.26. The minimum absolute atomic E-state index is 0.0262. The number of hydrogen-bond donors (Lipinski definition) is 1. The lowest BCUT2D eigenvalue weighted by molar-refractivity contribution is -0.131. The van der Waals surface area contributed by atoms with Crippen molar-refractivity contribution in [2.45, 2.75) is 34.1 Å². The fourth-order valence-corrected chi connectivity index (χ4v) is 2.48. The van der Waals surface area contributed by atoms with Crippen LogP contribution < -0.4 is 5.32 Å². The van der Waals surface area contributed by atoms with Gasteiger partial charge in [0.05, 0.1) is 0 Å². The summed E-state index contributed by atoms with van der Waals surface area (Å²) < 4.78 is 0. The van der Waals surface area contributed by atoms with Crippen LogP contribution >= 0.6 is 23.2 Å². The van der Waals surface area contributed by atoms with Crippen molar-refractivity contribution in [1.29, 1.82) is 0 Å². The number of rotatable bonds is 6. The first kappa shape index (κ1) is 19.8. The van der Waals surface area contributed by atoms with Crippen molar-refractivity contribution in [3.63, 3.8) is 0 Å². The summed E-state index contributed by atoms with van der Waals surface area (Å²) in [7, 11) is 0. The molecule has 0 aliphatic carbocycles. The Morgan fingerprint density at radius 3 is 2.35 bits per heavy atom. The van der Waals surface area contributed by atoms with Gasteiger partial charge in [-0.15, -0.1) is 0 Å². The highest BCUT2D eigenvalue weighted by atomic mass is 35.5. The monoisotopic (exact) mass is 358 g/mol. The molecular formula is C17H24Cl2N2O2. The predicted octanol–water partition coefficient (Wildman–Crippen LogP) is 3.55. The van der Waals surface area contributed by atoms with Gasteiger partial charge in [0.25, 0.3) is 0 Å². The third kappa shape index (κ3) is 6.80. The standard InChI is InChI=1S/C17H24Cl2N2O2/c1-12(22)21(10-8-20-16(23)17(2,3)4)9-7-13-5-6-14(18)11-15(13)19/h5-6,11H,7-10H2,1-4H3,(H,20,23). The summed E-state index contributed by atoms with van der Waals surface area (Å²) in [5.74, 6) is -0.0539. The summed E-state index contributed by atoms with van der Waals surface area (Å²) in [5.41, 5.74) is 0.513. The van der Waals surface area contributed by atoms with Gasteiger partial charge in [-0.2, -0.15) is 0 Å². The van der Waals surface area contributed by atoms with Gasteiger partial charge in [-0.1, -0.05) is 50.0 Å².